The second kappa shape index (κ2) is 11.7. The molecule has 0 saturated carbocycles. The van der Waals surface area contributed by atoms with E-state index in [2.05, 4.69) is 5.32 Å². The summed E-state index contributed by atoms with van der Waals surface area (Å²) in [6, 6.07) is 8.67. The maximum absolute atomic E-state index is 13.8. The first-order chi connectivity index (χ1) is 17.8. The summed E-state index contributed by atoms with van der Waals surface area (Å²) in [6.07, 6.45) is -0.987. The van der Waals surface area contributed by atoms with E-state index in [0.717, 1.165) is 5.56 Å². The van der Waals surface area contributed by atoms with Crippen molar-refractivity contribution >= 4 is 27.9 Å². The molecule has 3 rings (SSSR count). The summed E-state index contributed by atoms with van der Waals surface area (Å²) in [5.41, 5.74) is 6.46. The highest BCUT2D eigenvalue weighted by molar-refractivity contribution is 7.86. The van der Waals surface area contributed by atoms with Crippen LogP contribution in [0.5, 0.6) is 11.5 Å². The van der Waals surface area contributed by atoms with Crippen LogP contribution in [0.2, 0.25) is 0 Å². The van der Waals surface area contributed by atoms with Crippen LogP contribution in [0.25, 0.3) is 0 Å². The molecule has 1 aliphatic heterocycles. The van der Waals surface area contributed by atoms with Gasteiger partial charge in [-0.3, -0.25) is 9.69 Å². The third-order valence-corrected chi connectivity index (χ3v) is 8.93. The number of hydrogen-bond donors (Lipinski definition) is 2. The van der Waals surface area contributed by atoms with E-state index in [1.54, 1.807) is 26.1 Å². The van der Waals surface area contributed by atoms with Gasteiger partial charge in [0.25, 0.3) is 0 Å². The Bertz CT molecular complexity index is 1300. The second-order valence-electron chi connectivity index (χ2n) is 9.54. The van der Waals surface area contributed by atoms with Crippen molar-refractivity contribution in [2.24, 2.45) is 5.73 Å². The van der Waals surface area contributed by atoms with Crippen LogP contribution in [0.4, 0.5) is 4.79 Å². The lowest BCUT2D eigenvalue weighted by atomic mass is 10.0. The van der Waals surface area contributed by atoms with Gasteiger partial charge in [0, 0.05) is 13.1 Å². The summed E-state index contributed by atoms with van der Waals surface area (Å²) in [5.74, 6) is -1.27. The van der Waals surface area contributed by atoms with Gasteiger partial charge in [0.15, 0.2) is 5.78 Å². The summed E-state index contributed by atoms with van der Waals surface area (Å²) in [5, 5.41) is 2.82. The van der Waals surface area contributed by atoms with Crippen molar-refractivity contribution in [2.75, 3.05) is 40.3 Å². The number of esters is 1. The van der Waals surface area contributed by atoms with Crippen molar-refractivity contribution in [1.29, 1.82) is 0 Å². The molecule has 0 aliphatic carbocycles. The number of nitrogens with one attached hydrogen (secondary N) is 1. The van der Waals surface area contributed by atoms with E-state index in [4.69, 9.17) is 15.2 Å². The zero-order valence-electron chi connectivity index (χ0n) is 22.3. The van der Waals surface area contributed by atoms with Gasteiger partial charge in [-0.05, 0) is 65.2 Å². The zero-order valence-corrected chi connectivity index (χ0v) is 23.1. The minimum atomic E-state index is -4.18. The Morgan fingerprint density at radius 3 is 2.18 bits per heavy atom. The predicted molar refractivity (Wildman–Crippen MR) is 140 cm³/mol. The van der Waals surface area contributed by atoms with Crippen molar-refractivity contribution in [3.8, 4) is 11.5 Å². The summed E-state index contributed by atoms with van der Waals surface area (Å²) >= 11 is 0. The molecule has 38 heavy (non-hydrogen) atoms. The third kappa shape index (κ3) is 5.94. The van der Waals surface area contributed by atoms with Crippen LogP contribution in [0, 0.1) is 6.92 Å². The van der Waals surface area contributed by atoms with Crippen molar-refractivity contribution in [2.45, 2.75) is 37.8 Å². The molecule has 3 N–H and O–H groups in total. The summed E-state index contributed by atoms with van der Waals surface area (Å²) in [7, 11) is -0.742. The van der Waals surface area contributed by atoms with E-state index in [1.165, 1.54) is 37.3 Å². The van der Waals surface area contributed by atoms with Gasteiger partial charge in [-0.25, -0.2) is 4.79 Å². The van der Waals surface area contributed by atoms with Crippen LogP contribution in [0.15, 0.2) is 47.4 Å². The molecule has 0 unspecified atom stereocenters. The number of benzene rings is 2. The molecule has 0 bridgehead atoms. The maximum atomic E-state index is 13.8. The van der Waals surface area contributed by atoms with E-state index in [0.29, 0.717) is 13.1 Å². The number of nitrogens with two attached hydrogens (primary N) is 1. The lowest BCUT2D eigenvalue weighted by Crippen LogP contribution is -2.65. The molecule has 2 aromatic carbocycles. The van der Waals surface area contributed by atoms with Crippen molar-refractivity contribution in [3.05, 3.63) is 53.6 Å². The standard InChI is InChI=1S/C26H35N4O7S/c1-17-6-9-21(10-7-17)38(34,35)30(14-12-29(5)13-15-30)26(33)36-20-8-11-23(37-25(32)18(2)27)22(16-20)24(31)19(3)28-4/h6-11,16,18-19,28H,12-15,27H2,1-5H3/q+1/t18-,19-/m0/s1. The van der Waals surface area contributed by atoms with Gasteiger partial charge in [0.05, 0.1) is 11.6 Å². The molecule has 1 amide bonds. The number of sulfonamides is 1. The highest BCUT2D eigenvalue weighted by Crippen LogP contribution is 2.31. The summed E-state index contributed by atoms with van der Waals surface area (Å²) in [6.45, 7) is 5.59. The smallest absolute Gasteiger partial charge is 0.425 e. The number of quaternary nitrogens is 1. The fraction of sp³-hybridized carbons (Fsp3) is 0.423. The van der Waals surface area contributed by atoms with Gasteiger partial charge in [-0.15, -0.1) is 3.89 Å². The van der Waals surface area contributed by atoms with Gasteiger partial charge in [0.1, 0.15) is 35.5 Å². The fourth-order valence-electron chi connectivity index (χ4n) is 3.92. The Morgan fingerprint density at radius 2 is 1.63 bits per heavy atom. The quantitative estimate of drug-likeness (QED) is 0.217. The number of Topliss-reactive ketones (excluding diaryl/α,β-unsaturated/α-hetero) is 1. The molecule has 1 aliphatic rings. The number of likely N-dealkylation sites (N-methyl/N-ethyl adjacent to an activating group) is 2. The summed E-state index contributed by atoms with van der Waals surface area (Å²) < 4.78 is 37.6. The van der Waals surface area contributed by atoms with Gasteiger partial charge < -0.3 is 20.5 Å². The lowest BCUT2D eigenvalue weighted by Gasteiger charge is -2.38. The Morgan fingerprint density at radius 1 is 1.03 bits per heavy atom. The number of aryl methyl sites for hydroxylation is 1. The van der Waals surface area contributed by atoms with Gasteiger partial charge >= 0.3 is 22.1 Å². The molecule has 11 nitrogen and oxygen atoms in total. The Hall–Kier alpha value is -3.16. The van der Waals surface area contributed by atoms with E-state index in [-0.39, 0.29) is 35.0 Å². The number of piperazine rings is 1. The first-order valence-corrected chi connectivity index (χ1v) is 13.7. The van der Waals surface area contributed by atoms with Gasteiger partial charge in [-0.2, -0.15) is 13.2 Å². The molecule has 1 fully saturated rings. The number of hydrogen-bond acceptors (Lipinski definition) is 10. The molecule has 0 radical (unpaired) electrons. The number of ether oxygens (including phenoxy) is 2. The molecule has 2 atom stereocenters. The molecule has 2 aromatic rings. The number of carbonyl (C=O) groups is 3. The highest BCUT2D eigenvalue weighted by atomic mass is 32.2. The monoisotopic (exact) mass is 547 g/mol. The molecule has 0 spiro atoms. The maximum Gasteiger partial charge on any atom is 0.537 e. The van der Waals surface area contributed by atoms with E-state index in [1.807, 2.05) is 18.9 Å². The zero-order chi connectivity index (χ0) is 28.3. The number of rotatable bonds is 8. The first-order valence-electron chi connectivity index (χ1n) is 12.2. The van der Waals surface area contributed by atoms with Gasteiger partial charge in [0.2, 0.25) is 0 Å². The van der Waals surface area contributed by atoms with E-state index < -0.39 is 43.8 Å². The van der Waals surface area contributed by atoms with E-state index >= 15 is 0 Å². The lowest BCUT2D eigenvalue weighted by molar-refractivity contribution is -0.735. The Kier molecular flexibility index (Phi) is 9.05. The highest BCUT2D eigenvalue weighted by Gasteiger charge is 2.53. The second-order valence-corrected chi connectivity index (χ2v) is 11.7. The Balaban J connectivity index is 2.02. The SMILES string of the molecule is CN[C@@H](C)C(=O)c1cc(OC(=O)[N+]2(S(=O)(=O)c3ccc(C)cc3)CCN(C)CC2)ccc1OC(=O)[C@H](C)N. The number of ketones is 1. The first kappa shape index (κ1) is 29.4. The van der Waals surface area contributed by atoms with Crippen LogP contribution in [0.3, 0.4) is 0 Å². The minimum absolute atomic E-state index is 0.0153. The average molecular weight is 548 g/mol. The minimum Gasteiger partial charge on any atom is -0.425 e. The molecule has 0 aromatic heterocycles. The molecule has 12 heteroatoms. The van der Waals surface area contributed by atoms with E-state index in [9.17, 15) is 22.8 Å². The normalized spacial score (nSPS) is 17.3. The van der Waals surface area contributed by atoms with Crippen LogP contribution >= 0.6 is 0 Å². The Labute approximate surface area is 223 Å². The van der Waals surface area contributed by atoms with Crippen LogP contribution in [-0.2, 0) is 14.8 Å². The van der Waals surface area contributed by atoms with Crippen molar-refractivity contribution in [3.63, 3.8) is 0 Å². The van der Waals surface area contributed by atoms with Crippen molar-refractivity contribution in [1.82, 2.24) is 10.2 Å². The molecular formula is C26H35N4O7S+. The van der Waals surface area contributed by atoms with Crippen LogP contribution < -0.4 is 20.5 Å². The van der Waals surface area contributed by atoms with Gasteiger partial charge in [-0.1, -0.05) is 17.7 Å². The topological polar surface area (TPSA) is 145 Å². The third-order valence-electron chi connectivity index (χ3n) is 6.63. The molecular weight excluding hydrogens is 512 g/mol. The molecule has 1 saturated heterocycles. The molecule has 206 valence electrons. The fourth-order valence-corrected chi connectivity index (χ4v) is 5.69. The largest absolute Gasteiger partial charge is 0.537 e. The van der Waals surface area contributed by atoms with Crippen LogP contribution in [-0.4, -0.2) is 87.4 Å². The summed E-state index contributed by atoms with van der Waals surface area (Å²) in [4.78, 5) is 40.7. The molecule has 1 heterocycles. The van der Waals surface area contributed by atoms with Crippen molar-refractivity contribution < 1.29 is 36.2 Å². The average Bonchev–Trinajstić information content (AvgIpc) is 2.89. The number of carbonyl (C=O) groups excluding carboxylic acids is 3. The number of nitrogens with zero attached hydrogens (tertiary/aromatic N) is 2. The predicted octanol–water partition coefficient (Wildman–Crippen LogP) is 1.69. The van der Waals surface area contributed by atoms with Crippen LogP contribution in [0.1, 0.15) is 29.8 Å². The number of amides is 1.